The van der Waals surface area contributed by atoms with Crippen LogP contribution in [0.1, 0.15) is 36.8 Å². The zero-order valence-corrected chi connectivity index (χ0v) is 22.6. The van der Waals surface area contributed by atoms with Crippen LogP contribution in [0.4, 0.5) is 11.8 Å². The van der Waals surface area contributed by atoms with Crippen LogP contribution in [-0.4, -0.2) is 61.6 Å². The lowest BCUT2D eigenvalue weighted by Crippen LogP contribution is -2.36. The molecule has 1 aliphatic carbocycles. The number of benzene rings is 1. The predicted octanol–water partition coefficient (Wildman–Crippen LogP) is 4.79. The zero-order valence-electron chi connectivity index (χ0n) is 21.1. The molecule has 1 saturated carbocycles. The summed E-state index contributed by atoms with van der Waals surface area (Å²) >= 11 is 6.04. The highest BCUT2D eigenvalue weighted by atomic mass is 35.5. The van der Waals surface area contributed by atoms with E-state index in [2.05, 4.69) is 44.0 Å². The monoisotopic (exact) mass is 542 g/mol. The lowest BCUT2D eigenvalue weighted by molar-refractivity contribution is 0.221. The quantitative estimate of drug-likeness (QED) is 0.397. The Morgan fingerprint density at radius 3 is 2.38 bits per heavy atom. The Morgan fingerprint density at radius 2 is 1.73 bits per heavy atom. The fourth-order valence-corrected chi connectivity index (χ4v) is 5.78. The third kappa shape index (κ3) is 6.97. The van der Waals surface area contributed by atoms with Crippen molar-refractivity contribution in [3.63, 3.8) is 0 Å². The molecule has 2 N–H and O–H groups in total. The minimum absolute atomic E-state index is 0.0272. The molecule has 1 fully saturated rings. The molecule has 1 aliphatic rings. The molecule has 0 amide bonds. The summed E-state index contributed by atoms with van der Waals surface area (Å²) in [5.41, 5.74) is 1.48. The number of aromatic nitrogens is 3. The first-order valence-corrected chi connectivity index (χ1v) is 13.9. The fraction of sp³-hybridized carbons (Fsp3) is 0.346. The minimum Gasteiger partial charge on any atom is -0.481 e. The molecule has 1 aromatic carbocycles. The number of pyridine rings is 1. The van der Waals surface area contributed by atoms with Gasteiger partial charge in [-0.2, -0.15) is 4.98 Å². The van der Waals surface area contributed by atoms with E-state index in [1.54, 1.807) is 36.7 Å². The van der Waals surface area contributed by atoms with Gasteiger partial charge >= 0.3 is 0 Å². The number of ether oxygens (including phenoxy) is 1. The first-order valence-electron chi connectivity index (χ1n) is 12.0. The molecule has 4 rings (SSSR count). The number of anilines is 2. The standard InChI is InChI=1S/C26H31ClN6O3S/c1-33(2)21-13-11-20(12-14-21)30-26-28-16-18(17-29-26)8-9-19-10-15-24(31-25(19)36-3)32-37(34,35)23-7-5-4-6-22(23)27/h4-10,15-17,20-21H,11-14H2,1-3H3,(H,31,32)(H,28,29,30)/b9-8+. The van der Waals surface area contributed by atoms with Crippen LogP contribution in [0.3, 0.4) is 0 Å². The summed E-state index contributed by atoms with van der Waals surface area (Å²) in [4.78, 5) is 15.5. The van der Waals surface area contributed by atoms with Crippen LogP contribution < -0.4 is 14.8 Å². The molecular formula is C26H31ClN6O3S. The van der Waals surface area contributed by atoms with Gasteiger partial charge < -0.3 is 15.0 Å². The van der Waals surface area contributed by atoms with Crippen LogP contribution in [0.15, 0.2) is 53.7 Å². The van der Waals surface area contributed by atoms with E-state index >= 15 is 0 Å². The maximum Gasteiger partial charge on any atom is 0.264 e. The average Bonchev–Trinajstić information content (AvgIpc) is 2.89. The Bertz CT molecular complexity index is 1340. The molecule has 196 valence electrons. The highest BCUT2D eigenvalue weighted by Crippen LogP contribution is 2.26. The molecule has 3 aromatic rings. The maximum absolute atomic E-state index is 12.7. The first-order chi connectivity index (χ1) is 17.7. The Balaban J connectivity index is 1.39. The molecule has 9 nitrogen and oxygen atoms in total. The van der Waals surface area contributed by atoms with Crippen molar-refractivity contribution < 1.29 is 13.2 Å². The maximum atomic E-state index is 12.7. The summed E-state index contributed by atoms with van der Waals surface area (Å²) in [6.45, 7) is 0. The van der Waals surface area contributed by atoms with E-state index < -0.39 is 10.0 Å². The third-order valence-electron chi connectivity index (χ3n) is 6.34. The van der Waals surface area contributed by atoms with Crippen molar-refractivity contribution in [2.45, 2.75) is 42.7 Å². The van der Waals surface area contributed by atoms with Gasteiger partial charge in [0.15, 0.2) is 0 Å². The van der Waals surface area contributed by atoms with Crippen molar-refractivity contribution in [2.24, 2.45) is 0 Å². The van der Waals surface area contributed by atoms with Gasteiger partial charge in [0.05, 0.1) is 12.1 Å². The van der Waals surface area contributed by atoms with Gasteiger partial charge in [-0.3, -0.25) is 4.72 Å². The fourth-order valence-electron chi connectivity index (χ4n) is 4.26. The van der Waals surface area contributed by atoms with Gasteiger partial charge in [0.1, 0.15) is 10.7 Å². The Labute approximate surface area is 223 Å². The van der Waals surface area contributed by atoms with Crippen LogP contribution in [0.2, 0.25) is 5.02 Å². The average molecular weight is 543 g/mol. The number of nitrogens with zero attached hydrogens (tertiary/aromatic N) is 4. The number of nitrogens with one attached hydrogen (secondary N) is 2. The molecule has 11 heteroatoms. The molecule has 37 heavy (non-hydrogen) atoms. The van der Waals surface area contributed by atoms with Crippen molar-refractivity contribution in [3.05, 3.63) is 64.9 Å². The first kappa shape index (κ1) is 26.8. The Kier molecular flexibility index (Phi) is 8.63. The zero-order chi connectivity index (χ0) is 26.4. The highest BCUT2D eigenvalue weighted by molar-refractivity contribution is 7.92. The van der Waals surface area contributed by atoms with Crippen LogP contribution in [0.25, 0.3) is 12.2 Å². The van der Waals surface area contributed by atoms with E-state index in [1.807, 2.05) is 12.2 Å². The SMILES string of the molecule is COc1nc(NS(=O)(=O)c2ccccc2Cl)ccc1/C=C/c1cnc(NC2CCC(N(C)C)CC2)nc1. The lowest BCUT2D eigenvalue weighted by Gasteiger charge is -2.32. The number of rotatable bonds is 9. The molecule has 0 bridgehead atoms. The number of sulfonamides is 1. The molecule has 2 heterocycles. The van der Waals surface area contributed by atoms with Gasteiger partial charge in [-0.15, -0.1) is 0 Å². The number of hydrogen-bond acceptors (Lipinski definition) is 8. The second-order valence-corrected chi connectivity index (χ2v) is 11.2. The van der Waals surface area contributed by atoms with Crippen LogP contribution in [0.5, 0.6) is 5.88 Å². The van der Waals surface area contributed by atoms with Crippen molar-refractivity contribution in [1.29, 1.82) is 0 Å². The summed E-state index contributed by atoms with van der Waals surface area (Å²) in [6.07, 6.45) is 11.7. The summed E-state index contributed by atoms with van der Waals surface area (Å²) in [6, 6.07) is 10.5. The van der Waals surface area contributed by atoms with Crippen LogP contribution in [-0.2, 0) is 10.0 Å². The van der Waals surface area contributed by atoms with Gasteiger partial charge in [-0.05, 0) is 70.1 Å². The molecular weight excluding hydrogens is 512 g/mol. The molecule has 0 unspecified atom stereocenters. The lowest BCUT2D eigenvalue weighted by atomic mass is 9.91. The van der Waals surface area contributed by atoms with E-state index in [4.69, 9.17) is 16.3 Å². The third-order valence-corrected chi connectivity index (χ3v) is 8.19. The largest absolute Gasteiger partial charge is 0.481 e. The molecule has 0 spiro atoms. The molecule has 0 radical (unpaired) electrons. The molecule has 0 atom stereocenters. The normalized spacial score (nSPS) is 18.2. The van der Waals surface area contributed by atoms with Crippen LogP contribution >= 0.6 is 11.6 Å². The van der Waals surface area contributed by atoms with Gasteiger partial charge in [0.2, 0.25) is 11.8 Å². The van der Waals surface area contributed by atoms with Gasteiger partial charge in [0, 0.05) is 35.6 Å². The minimum atomic E-state index is -3.90. The van der Waals surface area contributed by atoms with Gasteiger partial charge in [-0.25, -0.2) is 18.4 Å². The second-order valence-electron chi connectivity index (χ2n) is 9.12. The smallest absolute Gasteiger partial charge is 0.264 e. The molecule has 2 aromatic heterocycles. The second kappa shape index (κ2) is 11.9. The highest BCUT2D eigenvalue weighted by Gasteiger charge is 2.23. The molecule has 0 saturated heterocycles. The summed E-state index contributed by atoms with van der Waals surface area (Å²) in [5, 5.41) is 3.57. The van der Waals surface area contributed by atoms with Crippen LogP contribution in [0, 0.1) is 0 Å². The predicted molar refractivity (Wildman–Crippen MR) is 147 cm³/mol. The van der Waals surface area contributed by atoms with Crippen molar-refractivity contribution >= 4 is 45.5 Å². The topological polar surface area (TPSA) is 109 Å². The summed E-state index contributed by atoms with van der Waals surface area (Å²) < 4.78 is 33.2. The number of methoxy groups -OCH3 is 1. The van der Waals surface area contributed by atoms with E-state index in [-0.39, 0.29) is 21.6 Å². The molecule has 0 aliphatic heterocycles. The Morgan fingerprint density at radius 1 is 1.03 bits per heavy atom. The van der Waals surface area contributed by atoms with Crippen molar-refractivity contribution in [1.82, 2.24) is 19.9 Å². The van der Waals surface area contributed by atoms with Crippen molar-refractivity contribution in [3.8, 4) is 5.88 Å². The van der Waals surface area contributed by atoms with E-state index in [1.165, 1.54) is 32.1 Å². The van der Waals surface area contributed by atoms with E-state index in [0.717, 1.165) is 18.4 Å². The van der Waals surface area contributed by atoms with Gasteiger partial charge in [0.25, 0.3) is 10.0 Å². The summed E-state index contributed by atoms with van der Waals surface area (Å²) in [7, 11) is 1.85. The number of hydrogen-bond donors (Lipinski definition) is 2. The Hall–Kier alpha value is -3.21. The van der Waals surface area contributed by atoms with E-state index in [0.29, 0.717) is 23.6 Å². The van der Waals surface area contributed by atoms with E-state index in [9.17, 15) is 8.42 Å². The summed E-state index contributed by atoms with van der Waals surface area (Å²) in [5.74, 6) is 1.01. The van der Waals surface area contributed by atoms with Crippen molar-refractivity contribution in [2.75, 3.05) is 31.2 Å². The van der Waals surface area contributed by atoms with Gasteiger partial charge in [-0.1, -0.05) is 29.8 Å². The number of halogens is 1.